The number of carbonyl (C=O) groups is 1. The van der Waals surface area contributed by atoms with Crippen molar-refractivity contribution in [3.05, 3.63) is 34.3 Å². The topological polar surface area (TPSA) is 57.7 Å². The zero-order valence-corrected chi connectivity index (χ0v) is 13.2. The van der Waals surface area contributed by atoms with Crippen LogP contribution in [0.2, 0.25) is 5.15 Å². The number of benzene rings is 1. The number of halogens is 1. The summed E-state index contributed by atoms with van der Waals surface area (Å²) in [5.41, 5.74) is 0. The normalized spacial score (nSPS) is 10.2. The van der Waals surface area contributed by atoms with Crippen LogP contribution in [-0.4, -0.2) is 24.7 Å². The van der Waals surface area contributed by atoms with Crippen LogP contribution in [0.15, 0.2) is 24.3 Å². The van der Waals surface area contributed by atoms with Gasteiger partial charge in [0.25, 0.3) is 5.19 Å². The average molecular weight is 328 g/mol. The Morgan fingerprint density at radius 3 is 2.57 bits per heavy atom. The molecule has 112 valence electrons. The van der Waals surface area contributed by atoms with Gasteiger partial charge in [-0.3, -0.25) is 0 Å². The van der Waals surface area contributed by atoms with Gasteiger partial charge in [0.2, 0.25) is 0 Å². The summed E-state index contributed by atoms with van der Waals surface area (Å²) in [4.78, 5) is 15.6. The molecule has 0 atom stereocenters. The maximum atomic E-state index is 11.4. The molecule has 0 aliphatic carbocycles. The molecule has 0 N–H and O–H groups in total. The molecule has 0 saturated carbocycles. The van der Waals surface area contributed by atoms with Crippen molar-refractivity contribution in [2.45, 2.75) is 13.3 Å². The Morgan fingerprint density at radius 2 is 1.95 bits per heavy atom. The largest absolute Gasteiger partial charge is 0.494 e. The molecule has 0 spiro atoms. The number of aromatic nitrogens is 1. The summed E-state index contributed by atoms with van der Waals surface area (Å²) in [6.45, 7) is 2.72. The van der Waals surface area contributed by atoms with Gasteiger partial charge in [-0.25, -0.2) is 4.79 Å². The van der Waals surface area contributed by atoms with E-state index in [1.807, 2.05) is 6.92 Å². The summed E-state index contributed by atoms with van der Waals surface area (Å²) in [7, 11) is 1.29. The van der Waals surface area contributed by atoms with Crippen molar-refractivity contribution in [1.82, 2.24) is 4.98 Å². The number of hydrogen-bond acceptors (Lipinski definition) is 6. The van der Waals surface area contributed by atoms with E-state index in [4.69, 9.17) is 21.1 Å². The maximum Gasteiger partial charge on any atom is 0.351 e. The van der Waals surface area contributed by atoms with Crippen molar-refractivity contribution in [1.29, 1.82) is 0 Å². The van der Waals surface area contributed by atoms with Gasteiger partial charge in [-0.1, -0.05) is 29.9 Å². The Morgan fingerprint density at radius 1 is 1.29 bits per heavy atom. The molecule has 0 bridgehead atoms. The Hall–Kier alpha value is -1.79. The first-order valence-corrected chi connectivity index (χ1v) is 7.48. The standard InChI is InChI=1S/C14H14ClNO4S/c1-3-8-19-9-4-6-10(7-5-9)20-14-16-12(15)11(21-14)13(17)18-2/h4-7H,3,8H2,1-2H3. The molecular formula is C14H14ClNO4S. The SMILES string of the molecule is CCCOc1ccc(Oc2nc(Cl)c(C(=O)OC)s2)cc1. The number of thiazole rings is 1. The molecule has 0 aliphatic rings. The van der Waals surface area contributed by atoms with Crippen molar-refractivity contribution in [3.63, 3.8) is 0 Å². The summed E-state index contributed by atoms with van der Waals surface area (Å²) in [5, 5.41) is 0.354. The van der Waals surface area contributed by atoms with E-state index in [2.05, 4.69) is 9.72 Å². The lowest BCUT2D eigenvalue weighted by Crippen LogP contribution is -1.98. The summed E-state index contributed by atoms with van der Waals surface area (Å²) in [6, 6.07) is 7.14. The van der Waals surface area contributed by atoms with Crippen LogP contribution in [0.25, 0.3) is 0 Å². The highest BCUT2D eigenvalue weighted by Crippen LogP contribution is 2.32. The molecular weight excluding hydrogens is 314 g/mol. The van der Waals surface area contributed by atoms with Crippen molar-refractivity contribution in [2.75, 3.05) is 13.7 Å². The highest BCUT2D eigenvalue weighted by Gasteiger charge is 2.18. The van der Waals surface area contributed by atoms with Gasteiger partial charge < -0.3 is 14.2 Å². The smallest absolute Gasteiger partial charge is 0.351 e. The van der Waals surface area contributed by atoms with Crippen LogP contribution in [0.4, 0.5) is 0 Å². The molecule has 21 heavy (non-hydrogen) atoms. The van der Waals surface area contributed by atoms with Crippen LogP contribution in [0.3, 0.4) is 0 Å². The number of methoxy groups -OCH3 is 1. The molecule has 0 saturated heterocycles. The first kappa shape index (κ1) is 15.6. The number of esters is 1. The molecule has 1 aromatic carbocycles. The third-order valence-corrected chi connectivity index (χ3v) is 3.74. The van der Waals surface area contributed by atoms with E-state index in [1.165, 1.54) is 7.11 Å². The minimum Gasteiger partial charge on any atom is -0.494 e. The monoisotopic (exact) mass is 327 g/mol. The predicted molar refractivity (Wildman–Crippen MR) is 80.8 cm³/mol. The van der Waals surface area contributed by atoms with E-state index >= 15 is 0 Å². The molecule has 0 aliphatic heterocycles. The molecule has 2 rings (SSSR count). The van der Waals surface area contributed by atoms with E-state index in [1.54, 1.807) is 24.3 Å². The van der Waals surface area contributed by atoms with Gasteiger partial charge >= 0.3 is 5.97 Å². The summed E-state index contributed by atoms with van der Waals surface area (Å²) < 4.78 is 15.6. The van der Waals surface area contributed by atoms with Crippen LogP contribution in [-0.2, 0) is 4.74 Å². The third kappa shape index (κ3) is 4.09. The molecule has 0 fully saturated rings. The molecule has 7 heteroatoms. The number of carbonyl (C=O) groups excluding carboxylic acids is 1. The minimum atomic E-state index is -0.532. The zero-order valence-electron chi connectivity index (χ0n) is 11.6. The fraction of sp³-hybridized carbons (Fsp3) is 0.286. The Kier molecular flexibility index (Phi) is 5.41. The number of hydrogen-bond donors (Lipinski definition) is 0. The third-order valence-electron chi connectivity index (χ3n) is 2.44. The van der Waals surface area contributed by atoms with Crippen molar-refractivity contribution < 1.29 is 19.0 Å². The van der Waals surface area contributed by atoms with E-state index in [0.29, 0.717) is 12.4 Å². The maximum absolute atomic E-state index is 11.4. The number of rotatable bonds is 6. The van der Waals surface area contributed by atoms with Crippen LogP contribution >= 0.6 is 22.9 Å². The van der Waals surface area contributed by atoms with Crippen LogP contribution < -0.4 is 9.47 Å². The highest BCUT2D eigenvalue weighted by atomic mass is 35.5. The van der Waals surface area contributed by atoms with E-state index < -0.39 is 5.97 Å². The molecule has 2 aromatic rings. The first-order chi connectivity index (χ1) is 10.1. The van der Waals surface area contributed by atoms with Gasteiger partial charge in [-0.15, -0.1) is 0 Å². The van der Waals surface area contributed by atoms with Gasteiger partial charge in [0.1, 0.15) is 11.5 Å². The number of ether oxygens (including phenoxy) is 3. The predicted octanol–water partition coefficient (Wildman–Crippen LogP) is 4.16. The van der Waals surface area contributed by atoms with Crippen LogP contribution in [0.1, 0.15) is 23.0 Å². The van der Waals surface area contributed by atoms with Gasteiger partial charge in [0.15, 0.2) is 10.0 Å². The Labute approximate surface area is 131 Å². The summed E-state index contributed by atoms with van der Waals surface area (Å²) in [6.07, 6.45) is 0.951. The second-order valence-corrected chi connectivity index (χ2v) is 5.33. The quantitative estimate of drug-likeness (QED) is 0.745. The molecule has 0 amide bonds. The Balaban J connectivity index is 2.06. The molecule has 0 radical (unpaired) electrons. The summed E-state index contributed by atoms with van der Waals surface area (Å²) in [5.74, 6) is 0.827. The fourth-order valence-electron chi connectivity index (χ4n) is 1.47. The molecule has 1 aromatic heterocycles. The fourth-order valence-corrected chi connectivity index (χ4v) is 2.54. The van der Waals surface area contributed by atoms with Crippen LogP contribution in [0.5, 0.6) is 16.7 Å². The van der Waals surface area contributed by atoms with Crippen molar-refractivity contribution in [3.8, 4) is 16.7 Å². The minimum absolute atomic E-state index is 0.0738. The summed E-state index contributed by atoms with van der Waals surface area (Å²) >= 11 is 6.90. The van der Waals surface area contributed by atoms with Crippen molar-refractivity contribution >= 4 is 28.9 Å². The van der Waals surface area contributed by atoms with Gasteiger partial charge in [0.05, 0.1) is 13.7 Å². The highest BCUT2D eigenvalue weighted by molar-refractivity contribution is 7.15. The van der Waals surface area contributed by atoms with Gasteiger partial charge in [-0.05, 0) is 30.7 Å². The lowest BCUT2D eigenvalue weighted by atomic mass is 10.3. The molecule has 0 unspecified atom stereocenters. The zero-order chi connectivity index (χ0) is 15.2. The molecule has 1 heterocycles. The lowest BCUT2D eigenvalue weighted by Gasteiger charge is -2.05. The first-order valence-electron chi connectivity index (χ1n) is 6.29. The van der Waals surface area contributed by atoms with Gasteiger partial charge in [0, 0.05) is 0 Å². The second-order valence-electron chi connectivity index (χ2n) is 4.01. The number of nitrogens with zero attached hydrogens (tertiary/aromatic N) is 1. The van der Waals surface area contributed by atoms with E-state index in [-0.39, 0.29) is 15.2 Å². The van der Waals surface area contributed by atoms with E-state index in [9.17, 15) is 4.79 Å². The van der Waals surface area contributed by atoms with Gasteiger partial charge in [-0.2, -0.15) is 4.98 Å². The van der Waals surface area contributed by atoms with Crippen molar-refractivity contribution in [2.24, 2.45) is 0 Å². The van der Waals surface area contributed by atoms with E-state index in [0.717, 1.165) is 23.5 Å². The Bertz CT molecular complexity index is 612. The second kappa shape index (κ2) is 7.28. The average Bonchev–Trinajstić information content (AvgIpc) is 2.86. The molecule has 5 nitrogen and oxygen atoms in total. The lowest BCUT2D eigenvalue weighted by molar-refractivity contribution is 0.0606. The van der Waals surface area contributed by atoms with Crippen LogP contribution in [0, 0.1) is 0 Å².